The number of rotatable bonds is 1. The van der Waals surface area contributed by atoms with Crippen LogP contribution in [0.15, 0.2) is 16.6 Å². The van der Waals surface area contributed by atoms with E-state index in [1.807, 2.05) is 12.1 Å². The molecule has 1 aromatic carbocycles. The maximum atomic E-state index is 5.56. The Balaban J connectivity index is 2.57. The summed E-state index contributed by atoms with van der Waals surface area (Å²) in [6, 6.07) is 3.78. The quantitative estimate of drug-likeness (QED) is 0.797. The minimum absolute atomic E-state index is 0.290. The fourth-order valence-corrected chi connectivity index (χ4v) is 1.67. The van der Waals surface area contributed by atoms with Gasteiger partial charge in [-0.05, 0) is 12.1 Å². The van der Waals surface area contributed by atoms with Crippen LogP contribution in [0.1, 0.15) is 5.56 Å². The molecule has 2 rings (SSSR count). The van der Waals surface area contributed by atoms with Crippen LogP contribution < -0.4 is 15.2 Å². The second-order valence-corrected chi connectivity index (χ2v) is 3.32. The molecule has 0 amide bonds. The normalized spacial score (nSPS) is 13.5. The minimum Gasteiger partial charge on any atom is -0.454 e. The van der Waals surface area contributed by atoms with Crippen molar-refractivity contribution in [1.82, 2.24) is 0 Å². The van der Waals surface area contributed by atoms with Crippen LogP contribution in [0.25, 0.3) is 0 Å². The third kappa shape index (κ3) is 1.07. The number of ether oxygens (including phenoxy) is 2. The van der Waals surface area contributed by atoms with E-state index >= 15 is 0 Å². The Bertz CT molecular complexity index is 314. The van der Waals surface area contributed by atoms with Crippen LogP contribution in [-0.2, 0) is 6.54 Å². The van der Waals surface area contributed by atoms with Gasteiger partial charge in [-0.15, -0.1) is 0 Å². The van der Waals surface area contributed by atoms with Crippen LogP contribution >= 0.6 is 15.9 Å². The predicted octanol–water partition coefficient (Wildman–Crippen LogP) is 1.64. The second-order valence-electron chi connectivity index (χ2n) is 2.46. The lowest BCUT2D eigenvalue weighted by Crippen LogP contribution is -2.00. The first kappa shape index (κ1) is 7.89. The largest absolute Gasteiger partial charge is 0.454 e. The summed E-state index contributed by atoms with van der Waals surface area (Å²) >= 11 is 3.39. The van der Waals surface area contributed by atoms with Crippen molar-refractivity contribution >= 4 is 15.9 Å². The van der Waals surface area contributed by atoms with Gasteiger partial charge in [0.2, 0.25) is 6.79 Å². The predicted molar refractivity (Wildman–Crippen MR) is 48.2 cm³/mol. The molecular weight excluding hydrogens is 222 g/mol. The van der Waals surface area contributed by atoms with E-state index in [9.17, 15) is 0 Å². The lowest BCUT2D eigenvalue weighted by molar-refractivity contribution is 0.173. The van der Waals surface area contributed by atoms with Crippen LogP contribution in [0.4, 0.5) is 0 Å². The third-order valence-electron chi connectivity index (χ3n) is 1.79. The zero-order valence-electron chi connectivity index (χ0n) is 6.34. The first-order chi connectivity index (χ1) is 5.83. The minimum atomic E-state index is 0.290. The molecular formula is C8H8BrNO2. The number of halogens is 1. The van der Waals surface area contributed by atoms with Gasteiger partial charge in [-0.1, -0.05) is 15.9 Å². The highest BCUT2D eigenvalue weighted by molar-refractivity contribution is 9.10. The fraction of sp³-hybridized carbons (Fsp3) is 0.250. The molecule has 0 radical (unpaired) electrons. The number of benzene rings is 1. The second kappa shape index (κ2) is 2.95. The molecule has 4 heteroatoms. The maximum absolute atomic E-state index is 5.56. The first-order valence-electron chi connectivity index (χ1n) is 3.60. The van der Waals surface area contributed by atoms with Gasteiger partial charge in [-0.3, -0.25) is 0 Å². The van der Waals surface area contributed by atoms with E-state index in [-0.39, 0.29) is 0 Å². The Hall–Kier alpha value is -0.740. The summed E-state index contributed by atoms with van der Waals surface area (Å²) in [5.74, 6) is 1.55. The highest BCUT2D eigenvalue weighted by atomic mass is 79.9. The molecule has 1 aliphatic heterocycles. The average Bonchev–Trinajstić information content (AvgIpc) is 2.52. The van der Waals surface area contributed by atoms with Gasteiger partial charge >= 0.3 is 0 Å². The van der Waals surface area contributed by atoms with E-state index in [1.54, 1.807) is 0 Å². The van der Waals surface area contributed by atoms with Gasteiger partial charge in [0.05, 0.1) is 0 Å². The van der Waals surface area contributed by atoms with Gasteiger partial charge < -0.3 is 15.2 Å². The van der Waals surface area contributed by atoms with Crippen LogP contribution in [0.2, 0.25) is 0 Å². The third-order valence-corrected chi connectivity index (χ3v) is 2.53. The SMILES string of the molecule is NCc1c(Br)ccc2c1OCO2. The molecule has 0 unspecified atom stereocenters. The average molecular weight is 230 g/mol. The zero-order chi connectivity index (χ0) is 8.55. The van der Waals surface area contributed by atoms with Crippen molar-refractivity contribution in [3.63, 3.8) is 0 Å². The van der Waals surface area contributed by atoms with Crippen LogP contribution in [-0.4, -0.2) is 6.79 Å². The molecule has 2 N–H and O–H groups in total. The molecule has 0 aliphatic carbocycles. The highest BCUT2D eigenvalue weighted by Crippen LogP contribution is 2.38. The summed E-state index contributed by atoms with van der Waals surface area (Å²) in [7, 11) is 0. The van der Waals surface area contributed by atoms with Crippen molar-refractivity contribution in [2.75, 3.05) is 6.79 Å². The van der Waals surface area contributed by atoms with E-state index < -0.39 is 0 Å². The Kier molecular flexibility index (Phi) is 1.94. The molecule has 1 heterocycles. The van der Waals surface area contributed by atoms with Crippen molar-refractivity contribution in [2.24, 2.45) is 5.73 Å². The molecule has 0 aromatic heterocycles. The summed E-state index contributed by atoms with van der Waals surface area (Å²) in [6.45, 7) is 0.742. The Labute approximate surface area is 78.6 Å². The Morgan fingerprint density at radius 2 is 2.25 bits per heavy atom. The fourth-order valence-electron chi connectivity index (χ4n) is 1.20. The summed E-state index contributed by atoms with van der Waals surface area (Å²) in [6.07, 6.45) is 0. The summed E-state index contributed by atoms with van der Waals surface area (Å²) in [4.78, 5) is 0. The van der Waals surface area contributed by atoms with Gasteiger partial charge in [0.25, 0.3) is 0 Å². The molecule has 1 aromatic rings. The van der Waals surface area contributed by atoms with Crippen molar-refractivity contribution < 1.29 is 9.47 Å². The number of hydrogen-bond acceptors (Lipinski definition) is 3. The van der Waals surface area contributed by atoms with Crippen LogP contribution in [0, 0.1) is 0 Å². The van der Waals surface area contributed by atoms with Gasteiger partial charge in [-0.2, -0.15) is 0 Å². The Morgan fingerprint density at radius 3 is 3.00 bits per heavy atom. The molecule has 0 fully saturated rings. The van der Waals surface area contributed by atoms with Crippen LogP contribution in [0.3, 0.4) is 0 Å². The Morgan fingerprint density at radius 1 is 1.42 bits per heavy atom. The molecule has 0 spiro atoms. The lowest BCUT2D eigenvalue weighted by atomic mass is 10.2. The highest BCUT2D eigenvalue weighted by Gasteiger charge is 2.18. The van der Waals surface area contributed by atoms with Gasteiger partial charge in [0, 0.05) is 16.6 Å². The van der Waals surface area contributed by atoms with E-state index in [0.29, 0.717) is 13.3 Å². The van der Waals surface area contributed by atoms with E-state index in [4.69, 9.17) is 15.2 Å². The standard InChI is InChI=1S/C8H8BrNO2/c9-6-1-2-7-8(5(6)3-10)12-4-11-7/h1-2H,3-4,10H2. The first-order valence-corrected chi connectivity index (χ1v) is 4.39. The van der Waals surface area contributed by atoms with E-state index in [0.717, 1.165) is 21.5 Å². The van der Waals surface area contributed by atoms with Crippen molar-refractivity contribution in [3.05, 3.63) is 22.2 Å². The number of hydrogen-bond donors (Lipinski definition) is 1. The maximum Gasteiger partial charge on any atom is 0.231 e. The molecule has 0 saturated carbocycles. The van der Waals surface area contributed by atoms with Gasteiger partial charge in [0.15, 0.2) is 11.5 Å². The molecule has 0 bridgehead atoms. The zero-order valence-corrected chi connectivity index (χ0v) is 7.93. The number of nitrogens with two attached hydrogens (primary N) is 1. The molecule has 12 heavy (non-hydrogen) atoms. The van der Waals surface area contributed by atoms with Crippen molar-refractivity contribution in [2.45, 2.75) is 6.54 Å². The summed E-state index contributed by atoms with van der Waals surface area (Å²) in [5.41, 5.74) is 6.52. The van der Waals surface area contributed by atoms with Gasteiger partial charge in [0.1, 0.15) is 0 Å². The molecule has 0 saturated heterocycles. The summed E-state index contributed by atoms with van der Waals surface area (Å²) < 4.78 is 11.4. The molecule has 0 atom stereocenters. The molecule has 64 valence electrons. The smallest absolute Gasteiger partial charge is 0.231 e. The van der Waals surface area contributed by atoms with E-state index in [1.165, 1.54) is 0 Å². The molecule has 3 nitrogen and oxygen atoms in total. The van der Waals surface area contributed by atoms with Crippen molar-refractivity contribution in [1.29, 1.82) is 0 Å². The lowest BCUT2D eigenvalue weighted by Gasteiger charge is -2.04. The number of fused-ring (bicyclic) bond motifs is 1. The van der Waals surface area contributed by atoms with Gasteiger partial charge in [-0.25, -0.2) is 0 Å². The van der Waals surface area contributed by atoms with Crippen molar-refractivity contribution in [3.8, 4) is 11.5 Å². The molecule has 1 aliphatic rings. The summed E-state index contributed by atoms with van der Waals surface area (Å²) in [5, 5.41) is 0. The topological polar surface area (TPSA) is 44.5 Å². The monoisotopic (exact) mass is 229 g/mol. The van der Waals surface area contributed by atoms with Crippen LogP contribution in [0.5, 0.6) is 11.5 Å². The van der Waals surface area contributed by atoms with E-state index in [2.05, 4.69) is 15.9 Å².